The predicted octanol–water partition coefficient (Wildman–Crippen LogP) is 3.05. The molecule has 9 nitrogen and oxygen atoms in total. The third kappa shape index (κ3) is 8.64. The van der Waals surface area contributed by atoms with E-state index in [2.05, 4.69) is 17.2 Å². The number of esters is 2. The molecule has 176 valence electrons. The second-order valence-electron chi connectivity index (χ2n) is 7.40. The van der Waals surface area contributed by atoms with Gasteiger partial charge in [0.05, 0.1) is 16.8 Å². The smallest absolute Gasteiger partial charge is 0.343 e. The van der Waals surface area contributed by atoms with E-state index in [9.17, 15) is 14.4 Å². The van der Waals surface area contributed by atoms with Crippen molar-refractivity contribution in [1.29, 1.82) is 0 Å². The fourth-order valence-electron chi connectivity index (χ4n) is 2.84. The number of amides is 1. The van der Waals surface area contributed by atoms with Crippen molar-refractivity contribution in [3.63, 3.8) is 0 Å². The fraction of sp³-hybridized carbons (Fsp3) is 0.333. The van der Waals surface area contributed by atoms with E-state index in [0.29, 0.717) is 17.8 Å². The summed E-state index contributed by atoms with van der Waals surface area (Å²) in [6.45, 7) is 4.19. The first-order valence-electron chi connectivity index (χ1n) is 10.8. The number of nitrogens with zero attached hydrogens (tertiary/aromatic N) is 1. The lowest BCUT2D eigenvalue weighted by Crippen LogP contribution is -2.36. The van der Waals surface area contributed by atoms with Crippen LogP contribution >= 0.6 is 0 Å². The Morgan fingerprint density at radius 2 is 1.52 bits per heavy atom. The molecule has 9 heteroatoms. The van der Waals surface area contributed by atoms with Crippen LogP contribution in [0.1, 0.15) is 60.2 Å². The normalized spacial score (nSPS) is 11.2. The maximum Gasteiger partial charge on any atom is 0.343 e. The molecule has 0 aliphatic heterocycles. The molecule has 1 amide bonds. The van der Waals surface area contributed by atoms with Crippen LogP contribution in [-0.4, -0.2) is 36.5 Å². The second kappa shape index (κ2) is 12.8. The number of carbonyl (C=O) groups is 3. The minimum atomic E-state index is -0.914. The Morgan fingerprint density at radius 3 is 2.12 bits per heavy atom. The molecule has 0 saturated carbocycles. The first-order chi connectivity index (χ1) is 15.8. The highest BCUT2D eigenvalue weighted by Gasteiger charge is 2.19. The van der Waals surface area contributed by atoms with Crippen LogP contribution in [0.4, 0.5) is 5.69 Å². The Morgan fingerprint density at radius 1 is 0.909 bits per heavy atom. The summed E-state index contributed by atoms with van der Waals surface area (Å²) in [5, 5.41) is 2.76. The maximum atomic E-state index is 12.3. The van der Waals surface area contributed by atoms with E-state index in [4.69, 9.17) is 20.9 Å². The van der Waals surface area contributed by atoms with Crippen LogP contribution in [0, 0.1) is 0 Å². The minimum Gasteiger partial charge on any atom is -0.449 e. The molecule has 5 N–H and O–H groups in total. The summed E-state index contributed by atoms with van der Waals surface area (Å²) in [4.78, 5) is 40.5. The van der Waals surface area contributed by atoms with E-state index in [-0.39, 0.29) is 23.2 Å². The zero-order chi connectivity index (χ0) is 24.2. The zero-order valence-electron chi connectivity index (χ0n) is 18.9. The van der Waals surface area contributed by atoms with Crippen molar-refractivity contribution in [2.45, 2.75) is 45.6 Å². The lowest BCUT2D eigenvalue weighted by atomic mass is 10.2. The topological polar surface area (TPSA) is 146 Å². The average molecular weight is 455 g/mol. The summed E-state index contributed by atoms with van der Waals surface area (Å²) in [5.41, 5.74) is 11.7. The Labute approximate surface area is 193 Å². The predicted molar refractivity (Wildman–Crippen MR) is 125 cm³/mol. The van der Waals surface area contributed by atoms with Crippen molar-refractivity contribution in [3.05, 3.63) is 59.7 Å². The van der Waals surface area contributed by atoms with Crippen molar-refractivity contribution < 1.29 is 23.9 Å². The van der Waals surface area contributed by atoms with Gasteiger partial charge in [-0.2, -0.15) is 0 Å². The summed E-state index contributed by atoms with van der Waals surface area (Å²) in [5.74, 6) is -1.39. The average Bonchev–Trinajstić information content (AvgIpc) is 2.79. The summed E-state index contributed by atoms with van der Waals surface area (Å²) >= 11 is 0. The number of hydrogen-bond donors (Lipinski definition) is 3. The van der Waals surface area contributed by atoms with Crippen molar-refractivity contribution in [1.82, 2.24) is 5.32 Å². The van der Waals surface area contributed by atoms with Gasteiger partial charge in [0.15, 0.2) is 12.1 Å². The van der Waals surface area contributed by atoms with E-state index in [1.807, 2.05) is 0 Å². The lowest BCUT2D eigenvalue weighted by molar-refractivity contribution is -0.129. The summed E-state index contributed by atoms with van der Waals surface area (Å²) in [6.07, 6.45) is 3.26. The quantitative estimate of drug-likeness (QED) is 0.155. The van der Waals surface area contributed by atoms with Crippen LogP contribution in [0.2, 0.25) is 0 Å². The van der Waals surface area contributed by atoms with Crippen LogP contribution in [0.3, 0.4) is 0 Å². The Balaban J connectivity index is 1.86. The molecular weight excluding hydrogens is 424 g/mol. The van der Waals surface area contributed by atoms with Gasteiger partial charge in [0.1, 0.15) is 5.75 Å². The third-order valence-corrected chi connectivity index (χ3v) is 4.64. The Hall–Kier alpha value is -3.88. The fourth-order valence-corrected chi connectivity index (χ4v) is 2.84. The van der Waals surface area contributed by atoms with Gasteiger partial charge in [0.25, 0.3) is 5.91 Å². The molecular formula is C24H30N4O5. The van der Waals surface area contributed by atoms with Crippen LogP contribution in [0.5, 0.6) is 5.75 Å². The second-order valence-corrected chi connectivity index (χ2v) is 7.40. The van der Waals surface area contributed by atoms with Crippen molar-refractivity contribution in [3.8, 4) is 5.75 Å². The SMILES string of the molecule is CCCCCCNC(=O)C(C)OC(=O)c1ccc(OC(=O)c2ccc(N=C(N)N)cc2)cc1. The Kier molecular flexibility index (Phi) is 9.88. The lowest BCUT2D eigenvalue weighted by Gasteiger charge is -2.13. The number of benzene rings is 2. The van der Waals surface area contributed by atoms with Gasteiger partial charge in [-0.05, 0) is 61.9 Å². The van der Waals surface area contributed by atoms with Gasteiger partial charge in [-0.15, -0.1) is 0 Å². The number of aliphatic imine (C=N–C) groups is 1. The van der Waals surface area contributed by atoms with Gasteiger partial charge < -0.3 is 26.3 Å². The number of rotatable bonds is 11. The summed E-state index contributed by atoms with van der Waals surface area (Å²) in [6, 6.07) is 12.1. The van der Waals surface area contributed by atoms with Crippen LogP contribution in [0.15, 0.2) is 53.5 Å². The number of nitrogens with two attached hydrogens (primary N) is 2. The maximum absolute atomic E-state index is 12.3. The molecule has 2 aromatic rings. The molecule has 1 atom stereocenters. The molecule has 2 rings (SSSR count). The van der Waals surface area contributed by atoms with Gasteiger partial charge in [-0.25, -0.2) is 14.6 Å². The van der Waals surface area contributed by atoms with E-state index in [1.165, 1.54) is 43.3 Å². The molecule has 0 fully saturated rings. The van der Waals surface area contributed by atoms with Gasteiger partial charge in [-0.3, -0.25) is 4.79 Å². The first kappa shape index (κ1) is 25.4. The standard InChI is InChI=1S/C24H30N4O5/c1-3-4-5-6-15-27-21(29)16(2)32-22(30)18-9-13-20(14-10-18)33-23(31)17-7-11-19(12-8-17)28-24(25)26/h7-14,16H,3-6,15H2,1-2H3,(H,27,29)(H4,25,26,28). The number of ether oxygens (including phenoxy) is 2. The van der Waals surface area contributed by atoms with Gasteiger partial charge in [-0.1, -0.05) is 26.2 Å². The molecule has 0 aliphatic carbocycles. The molecule has 0 radical (unpaired) electrons. The largest absolute Gasteiger partial charge is 0.449 e. The van der Waals surface area contributed by atoms with E-state index in [1.54, 1.807) is 12.1 Å². The van der Waals surface area contributed by atoms with Gasteiger partial charge in [0, 0.05) is 6.54 Å². The molecule has 33 heavy (non-hydrogen) atoms. The number of unbranched alkanes of at least 4 members (excludes halogenated alkanes) is 3. The molecule has 0 aliphatic rings. The first-order valence-corrected chi connectivity index (χ1v) is 10.8. The van der Waals surface area contributed by atoms with E-state index in [0.717, 1.165) is 25.7 Å². The zero-order valence-corrected chi connectivity index (χ0v) is 18.9. The summed E-state index contributed by atoms with van der Waals surface area (Å²) < 4.78 is 10.5. The highest BCUT2D eigenvalue weighted by molar-refractivity contribution is 5.93. The summed E-state index contributed by atoms with van der Waals surface area (Å²) in [7, 11) is 0. The number of guanidine groups is 1. The highest BCUT2D eigenvalue weighted by Crippen LogP contribution is 2.17. The van der Waals surface area contributed by atoms with Crippen LogP contribution in [-0.2, 0) is 9.53 Å². The molecule has 1 unspecified atom stereocenters. The number of hydrogen-bond acceptors (Lipinski definition) is 6. The highest BCUT2D eigenvalue weighted by atomic mass is 16.5. The van der Waals surface area contributed by atoms with Crippen molar-refractivity contribution in [2.24, 2.45) is 16.5 Å². The van der Waals surface area contributed by atoms with E-state index >= 15 is 0 Å². The van der Waals surface area contributed by atoms with Gasteiger partial charge in [0.2, 0.25) is 0 Å². The molecule has 0 bridgehead atoms. The van der Waals surface area contributed by atoms with Gasteiger partial charge >= 0.3 is 11.9 Å². The monoisotopic (exact) mass is 454 g/mol. The molecule has 0 saturated heterocycles. The van der Waals surface area contributed by atoms with Crippen molar-refractivity contribution >= 4 is 29.5 Å². The number of nitrogens with one attached hydrogen (secondary N) is 1. The third-order valence-electron chi connectivity index (χ3n) is 4.64. The molecule has 0 heterocycles. The molecule has 2 aromatic carbocycles. The number of carbonyl (C=O) groups excluding carboxylic acids is 3. The van der Waals surface area contributed by atoms with E-state index < -0.39 is 18.0 Å². The molecule has 0 aromatic heterocycles. The molecule has 0 spiro atoms. The Bertz CT molecular complexity index is 967. The van der Waals surface area contributed by atoms with Crippen molar-refractivity contribution in [2.75, 3.05) is 6.54 Å². The minimum absolute atomic E-state index is 0.0821. The van der Waals surface area contributed by atoms with Crippen LogP contribution in [0.25, 0.3) is 0 Å². The van der Waals surface area contributed by atoms with Crippen LogP contribution < -0.4 is 21.5 Å².